The minimum atomic E-state index is -0.893. The predicted molar refractivity (Wildman–Crippen MR) is 95.6 cm³/mol. The highest BCUT2D eigenvalue weighted by molar-refractivity contribution is 5.87. The molecule has 4 heteroatoms. The first-order valence-electron chi connectivity index (χ1n) is 8.29. The summed E-state index contributed by atoms with van der Waals surface area (Å²) >= 11 is 0. The standard InChI is InChI=1S/C20H25NO3/c1-15(2)14-24-19-9-5-16(6-10-19)11-12-21-13-17-3-7-18(8-4-17)20(22)23/h3-10,15,21H,11-14H2,1-2H3,(H,22,23). The second kappa shape index (κ2) is 9.08. The average Bonchev–Trinajstić information content (AvgIpc) is 2.58. The molecule has 0 aromatic heterocycles. The molecule has 0 aliphatic rings. The molecule has 0 amide bonds. The first-order chi connectivity index (χ1) is 11.5. The fourth-order valence-corrected chi connectivity index (χ4v) is 2.25. The van der Waals surface area contributed by atoms with Crippen molar-refractivity contribution in [3.63, 3.8) is 0 Å². The van der Waals surface area contributed by atoms with E-state index in [0.29, 0.717) is 11.5 Å². The van der Waals surface area contributed by atoms with Gasteiger partial charge in [0.25, 0.3) is 0 Å². The number of hydrogen-bond acceptors (Lipinski definition) is 3. The Bertz CT molecular complexity index is 633. The van der Waals surface area contributed by atoms with Crippen LogP contribution in [-0.4, -0.2) is 24.2 Å². The summed E-state index contributed by atoms with van der Waals surface area (Å²) in [5.41, 5.74) is 2.66. The summed E-state index contributed by atoms with van der Waals surface area (Å²) in [6, 6.07) is 15.2. The van der Waals surface area contributed by atoms with Gasteiger partial charge in [-0.3, -0.25) is 0 Å². The van der Waals surface area contributed by atoms with E-state index >= 15 is 0 Å². The topological polar surface area (TPSA) is 58.6 Å². The van der Waals surface area contributed by atoms with Crippen LogP contribution in [0.3, 0.4) is 0 Å². The molecule has 0 saturated heterocycles. The minimum absolute atomic E-state index is 0.318. The normalized spacial score (nSPS) is 10.8. The van der Waals surface area contributed by atoms with Crippen molar-refractivity contribution in [3.05, 3.63) is 65.2 Å². The molecule has 2 N–H and O–H groups in total. The third-order valence-electron chi connectivity index (χ3n) is 3.63. The van der Waals surface area contributed by atoms with Crippen LogP contribution in [0.2, 0.25) is 0 Å². The van der Waals surface area contributed by atoms with E-state index < -0.39 is 5.97 Å². The van der Waals surface area contributed by atoms with Crippen LogP contribution >= 0.6 is 0 Å². The number of carboxylic acids is 1. The third kappa shape index (κ3) is 6.05. The van der Waals surface area contributed by atoms with Crippen LogP contribution in [0.15, 0.2) is 48.5 Å². The molecule has 128 valence electrons. The maximum Gasteiger partial charge on any atom is 0.335 e. The summed E-state index contributed by atoms with van der Waals surface area (Å²) in [6.07, 6.45) is 0.942. The SMILES string of the molecule is CC(C)COc1ccc(CCNCc2ccc(C(=O)O)cc2)cc1. The summed E-state index contributed by atoms with van der Waals surface area (Å²) in [4.78, 5) is 10.8. The van der Waals surface area contributed by atoms with Crippen molar-refractivity contribution in [2.75, 3.05) is 13.2 Å². The smallest absolute Gasteiger partial charge is 0.335 e. The summed E-state index contributed by atoms with van der Waals surface area (Å²) < 4.78 is 5.67. The van der Waals surface area contributed by atoms with Crippen LogP contribution in [-0.2, 0) is 13.0 Å². The van der Waals surface area contributed by atoms with Gasteiger partial charge in [0.1, 0.15) is 5.75 Å². The monoisotopic (exact) mass is 327 g/mol. The Morgan fingerprint density at radius 2 is 1.67 bits per heavy atom. The average molecular weight is 327 g/mol. The molecule has 0 aliphatic carbocycles. The van der Waals surface area contributed by atoms with Crippen LogP contribution < -0.4 is 10.1 Å². The predicted octanol–water partition coefficient (Wildman–Crippen LogP) is 3.75. The zero-order chi connectivity index (χ0) is 17.4. The highest BCUT2D eigenvalue weighted by Crippen LogP contribution is 2.13. The molecule has 4 nitrogen and oxygen atoms in total. The van der Waals surface area contributed by atoms with Crippen molar-refractivity contribution in [1.29, 1.82) is 0 Å². The molecular weight excluding hydrogens is 302 g/mol. The van der Waals surface area contributed by atoms with Crippen molar-refractivity contribution < 1.29 is 14.6 Å². The van der Waals surface area contributed by atoms with Gasteiger partial charge in [-0.05, 0) is 54.3 Å². The quantitative estimate of drug-likeness (QED) is 0.689. The van der Waals surface area contributed by atoms with E-state index in [-0.39, 0.29) is 0 Å². The molecule has 0 heterocycles. The van der Waals surface area contributed by atoms with E-state index in [1.165, 1.54) is 5.56 Å². The lowest BCUT2D eigenvalue weighted by Crippen LogP contribution is -2.16. The Labute approximate surface area is 143 Å². The Balaban J connectivity index is 1.71. The summed E-state index contributed by atoms with van der Waals surface area (Å²) in [6.45, 7) is 6.61. The third-order valence-corrected chi connectivity index (χ3v) is 3.63. The van der Waals surface area contributed by atoms with Crippen LogP contribution in [0.5, 0.6) is 5.75 Å². The lowest BCUT2D eigenvalue weighted by molar-refractivity contribution is 0.0697. The van der Waals surface area contributed by atoms with E-state index in [1.54, 1.807) is 12.1 Å². The van der Waals surface area contributed by atoms with Gasteiger partial charge in [0.05, 0.1) is 12.2 Å². The number of benzene rings is 2. The van der Waals surface area contributed by atoms with Gasteiger partial charge in [0.2, 0.25) is 0 Å². The number of hydrogen-bond donors (Lipinski definition) is 2. The van der Waals surface area contributed by atoms with E-state index in [0.717, 1.165) is 37.4 Å². The van der Waals surface area contributed by atoms with Crippen molar-refractivity contribution in [1.82, 2.24) is 5.32 Å². The highest BCUT2D eigenvalue weighted by Gasteiger charge is 2.02. The molecule has 0 aliphatic heterocycles. The molecule has 0 spiro atoms. The van der Waals surface area contributed by atoms with Gasteiger partial charge in [0, 0.05) is 6.54 Å². The maximum absolute atomic E-state index is 10.8. The molecule has 0 fully saturated rings. The second-order valence-corrected chi connectivity index (χ2v) is 6.28. The molecule has 24 heavy (non-hydrogen) atoms. The molecular formula is C20H25NO3. The Kier molecular flexibility index (Phi) is 6.82. The minimum Gasteiger partial charge on any atom is -0.493 e. The van der Waals surface area contributed by atoms with E-state index in [2.05, 4.69) is 31.3 Å². The molecule has 0 radical (unpaired) electrons. The number of carbonyl (C=O) groups is 1. The van der Waals surface area contributed by atoms with Gasteiger partial charge in [0.15, 0.2) is 0 Å². The van der Waals surface area contributed by atoms with Gasteiger partial charge < -0.3 is 15.2 Å². The van der Waals surface area contributed by atoms with Crippen molar-refractivity contribution in [3.8, 4) is 5.75 Å². The summed E-state index contributed by atoms with van der Waals surface area (Å²) in [5, 5.41) is 12.2. The summed E-state index contributed by atoms with van der Waals surface area (Å²) in [5.74, 6) is 0.549. The van der Waals surface area contributed by atoms with Crippen LogP contribution in [0, 0.1) is 5.92 Å². The first kappa shape index (κ1) is 18.0. The number of nitrogens with one attached hydrogen (secondary N) is 1. The fraction of sp³-hybridized carbons (Fsp3) is 0.350. The van der Waals surface area contributed by atoms with E-state index in [1.807, 2.05) is 24.3 Å². The number of aromatic carboxylic acids is 1. The molecule has 0 bridgehead atoms. The zero-order valence-electron chi connectivity index (χ0n) is 14.3. The number of carboxylic acid groups (broad SMARTS) is 1. The molecule has 2 aromatic carbocycles. The van der Waals surface area contributed by atoms with Crippen molar-refractivity contribution in [2.24, 2.45) is 5.92 Å². The van der Waals surface area contributed by atoms with Crippen LogP contribution in [0.25, 0.3) is 0 Å². The molecule has 0 atom stereocenters. The lowest BCUT2D eigenvalue weighted by Gasteiger charge is -2.09. The number of rotatable bonds is 9. The number of ether oxygens (including phenoxy) is 1. The van der Waals surface area contributed by atoms with Gasteiger partial charge in [-0.25, -0.2) is 4.79 Å². The van der Waals surface area contributed by atoms with Gasteiger partial charge >= 0.3 is 5.97 Å². The van der Waals surface area contributed by atoms with Crippen LogP contribution in [0.1, 0.15) is 35.3 Å². The van der Waals surface area contributed by atoms with Crippen molar-refractivity contribution >= 4 is 5.97 Å². The van der Waals surface area contributed by atoms with E-state index in [9.17, 15) is 4.79 Å². The van der Waals surface area contributed by atoms with Gasteiger partial charge in [-0.15, -0.1) is 0 Å². The van der Waals surface area contributed by atoms with Crippen LogP contribution in [0.4, 0.5) is 0 Å². The zero-order valence-corrected chi connectivity index (χ0v) is 14.3. The molecule has 0 saturated carbocycles. The van der Waals surface area contributed by atoms with E-state index in [4.69, 9.17) is 9.84 Å². The molecule has 2 aromatic rings. The summed E-state index contributed by atoms with van der Waals surface area (Å²) in [7, 11) is 0. The van der Waals surface area contributed by atoms with Gasteiger partial charge in [-0.1, -0.05) is 38.1 Å². The largest absolute Gasteiger partial charge is 0.493 e. The van der Waals surface area contributed by atoms with Crippen molar-refractivity contribution in [2.45, 2.75) is 26.8 Å². The van der Waals surface area contributed by atoms with Gasteiger partial charge in [-0.2, -0.15) is 0 Å². The Morgan fingerprint density at radius 3 is 2.25 bits per heavy atom. The molecule has 2 rings (SSSR count). The lowest BCUT2D eigenvalue weighted by atomic mass is 10.1. The first-order valence-corrected chi connectivity index (χ1v) is 8.29. The Hall–Kier alpha value is -2.33. The Morgan fingerprint density at radius 1 is 1.04 bits per heavy atom. The second-order valence-electron chi connectivity index (χ2n) is 6.28. The highest BCUT2D eigenvalue weighted by atomic mass is 16.5. The molecule has 0 unspecified atom stereocenters. The fourth-order valence-electron chi connectivity index (χ4n) is 2.25. The maximum atomic E-state index is 10.8.